The highest BCUT2D eigenvalue weighted by Gasteiger charge is 2.50. The molecule has 1 saturated heterocycles. The molecule has 2 aromatic rings. The number of rotatable bonds is 5. The maximum atomic E-state index is 13.7. The van der Waals surface area contributed by atoms with Crippen LogP contribution < -0.4 is 5.32 Å². The third-order valence-corrected chi connectivity index (χ3v) is 5.89. The minimum atomic E-state index is -3.29. The number of ether oxygens (including phenoxy) is 1. The van der Waals surface area contributed by atoms with Crippen molar-refractivity contribution < 1.29 is 33.0 Å². The molecule has 1 fully saturated rings. The van der Waals surface area contributed by atoms with Crippen molar-refractivity contribution in [3.05, 3.63) is 59.7 Å². The van der Waals surface area contributed by atoms with Crippen LogP contribution in [0.25, 0.3) is 11.1 Å². The van der Waals surface area contributed by atoms with E-state index in [4.69, 9.17) is 9.84 Å². The third kappa shape index (κ3) is 4.02. The number of carbonyl (C=O) groups excluding carboxylic acids is 2. The largest absolute Gasteiger partial charge is 0.480 e. The van der Waals surface area contributed by atoms with E-state index < -0.39 is 48.9 Å². The monoisotopic (exact) mass is 444 g/mol. The van der Waals surface area contributed by atoms with Crippen LogP contribution in [0.3, 0.4) is 0 Å². The van der Waals surface area contributed by atoms with E-state index in [-0.39, 0.29) is 12.5 Å². The predicted molar refractivity (Wildman–Crippen MR) is 110 cm³/mol. The van der Waals surface area contributed by atoms with Gasteiger partial charge in [-0.05, 0) is 29.2 Å². The molecule has 0 unspecified atom stereocenters. The topological polar surface area (TPSA) is 95.9 Å². The van der Waals surface area contributed by atoms with Gasteiger partial charge in [0.25, 0.3) is 5.92 Å². The summed E-state index contributed by atoms with van der Waals surface area (Å²) in [5.41, 5.74) is 4.18. The van der Waals surface area contributed by atoms with Crippen molar-refractivity contribution in [2.45, 2.75) is 37.3 Å². The number of carboxylic acid groups (broad SMARTS) is 1. The second-order valence-corrected chi connectivity index (χ2v) is 8.07. The Bertz CT molecular complexity index is 1030. The van der Waals surface area contributed by atoms with Gasteiger partial charge < -0.3 is 20.1 Å². The van der Waals surface area contributed by atoms with Crippen molar-refractivity contribution in [1.29, 1.82) is 0 Å². The number of fused-ring (bicyclic) bond motifs is 3. The van der Waals surface area contributed by atoms with Gasteiger partial charge in [0.1, 0.15) is 18.7 Å². The molecule has 2 atom stereocenters. The molecule has 4 rings (SSSR count). The second kappa shape index (κ2) is 8.22. The molecule has 0 aromatic heterocycles. The average molecular weight is 444 g/mol. The smallest absolute Gasteiger partial charge is 0.407 e. The fourth-order valence-corrected chi connectivity index (χ4v) is 4.40. The highest BCUT2D eigenvalue weighted by atomic mass is 19.3. The maximum Gasteiger partial charge on any atom is 0.407 e. The molecule has 9 heteroatoms. The van der Waals surface area contributed by atoms with Crippen molar-refractivity contribution in [2.24, 2.45) is 0 Å². The van der Waals surface area contributed by atoms with Crippen LogP contribution in [0.5, 0.6) is 0 Å². The number of carboxylic acids is 1. The number of alkyl carbamates (subject to hydrolysis) is 1. The minimum absolute atomic E-state index is 0.0281. The third-order valence-electron chi connectivity index (χ3n) is 5.89. The summed E-state index contributed by atoms with van der Waals surface area (Å²) in [4.78, 5) is 36.7. The van der Waals surface area contributed by atoms with Gasteiger partial charge in [0.05, 0.1) is 6.54 Å². The van der Waals surface area contributed by atoms with Crippen LogP contribution in [-0.2, 0) is 14.3 Å². The van der Waals surface area contributed by atoms with Crippen LogP contribution >= 0.6 is 0 Å². The van der Waals surface area contributed by atoms with Crippen LogP contribution in [-0.4, -0.2) is 59.1 Å². The first-order valence-electron chi connectivity index (χ1n) is 10.2. The predicted octanol–water partition coefficient (Wildman–Crippen LogP) is 3.23. The Morgan fingerprint density at radius 2 is 1.69 bits per heavy atom. The van der Waals surface area contributed by atoms with Crippen molar-refractivity contribution in [3.8, 4) is 11.1 Å². The van der Waals surface area contributed by atoms with E-state index in [1.807, 2.05) is 48.5 Å². The van der Waals surface area contributed by atoms with Gasteiger partial charge in [-0.25, -0.2) is 18.4 Å². The normalized spacial score (nSPS) is 19.7. The number of likely N-dealkylation sites (tertiary alicyclic amines) is 1. The fourth-order valence-electron chi connectivity index (χ4n) is 4.40. The summed E-state index contributed by atoms with van der Waals surface area (Å²) in [5, 5.41) is 11.5. The summed E-state index contributed by atoms with van der Waals surface area (Å²) in [7, 11) is 0. The zero-order chi connectivity index (χ0) is 23.0. The number of carbonyl (C=O) groups is 3. The number of hydrogen-bond donors (Lipinski definition) is 2. The Labute approximate surface area is 183 Å². The zero-order valence-electron chi connectivity index (χ0n) is 17.3. The molecule has 0 saturated carbocycles. The van der Waals surface area contributed by atoms with Crippen molar-refractivity contribution in [1.82, 2.24) is 10.2 Å². The fraction of sp³-hybridized carbons (Fsp3) is 0.348. The first kappa shape index (κ1) is 21.7. The molecule has 2 N–H and O–H groups in total. The number of nitrogens with one attached hydrogen (secondary N) is 1. The Morgan fingerprint density at radius 1 is 1.12 bits per heavy atom. The summed E-state index contributed by atoms with van der Waals surface area (Å²) in [6.45, 7) is 0.332. The Kier molecular flexibility index (Phi) is 5.58. The molecule has 0 radical (unpaired) electrons. The van der Waals surface area contributed by atoms with Gasteiger partial charge in [-0.2, -0.15) is 0 Å². The number of hydrogen-bond acceptors (Lipinski definition) is 4. The quantitative estimate of drug-likeness (QED) is 0.738. The Balaban J connectivity index is 1.39. The number of halogens is 2. The van der Waals surface area contributed by atoms with Gasteiger partial charge in [0.2, 0.25) is 5.91 Å². The van der Waals surface area contributed by atoms with Crippen molar-refractivity contribution >= 4 is 18.0 Å². The van der Waals surface area contributed by atoms with Gasteiger partial charge in [-0.15, -0.1) is 0 Å². The van der Waals surface area contributed by atoms with E-state index >= 15 is 0 Å². The van der Waals surface area contributed by atoms with Gasteiger partial charge in [0.15, 0.2) is 0 Å². The number of nitrogens with zero attached hydrogens (tertiary/aromatic N) is 1. The molecular weight excluding hydrogens is 422 g/mol. The Hall–Kier alpha value is -3.49. The molecule has 1 aliphatic carbocycles. The average Bonchev–Trinajstić information content (AvgIpc) is 3.26. The van der Waals surface area contributed by atoms with E-state index in [0.29, 0.717) is 4.90 Å². The summed E-state index contributed by atoms with van der Waals surface area (Å²) < 4.78 is 32.7. The summed E-state index contributed by atoms with van der Waals surface area (Å²) in [6, 6.07) is 12.8. The van der Waals surface area contributed by atoms with Crippen LogP contribution in [0, 0.1) is 0 Å². The molecule has 0 spiro atoms. The number of aliphatic carboxylic acids is 1. The maximum absolute atomic E-state index is 13.7. The first-order valence-corrected chi connectivity index (χ1v) is 10.2. The lowest BCUT2D eigenvalue weighted by molar-refractivity contribution is -0.148. The standard InChI is InChI=1S/C23H22F2N2O5/c1-13(20(28)27-12-23(24,25)10-19(27)21(29)30)26-22(31)32-11-18-16-8-4-2-6-14(16)15-7-3-5-9-17(15)18/h2-9,13,18-19H,10-12H2,1H3,(H,26,31)(H,29,30)/t13-,19+/m1/s1. The van der Waals surface area contributed by atoms with Crippen LogP contribution in [0.15, 0.2) is 48.5 Å². The highest BCUT2D eigenvalue weighted by Crippen LogP contribution is 2.44. The van der Waals surface area contributed by atoms with Crippen LogP contribution in [0.1, 0.15) is 30.4 Å². The molecule has 1 aliphatic heterocycles. The van der Waals surface area contributed by atoms with Crippen LogP contribution in [0.2, 0.25) is 0 Å². The van der Waals surface area contributed by atoms with E-state index in [2.05, 4.69) is 5.32 Å². The van der Waals surface area contributed by atoms with Gasteiger partial charge in [-0.3, -0.25) is 4.79 Å². The lowest BCUT2D eigenvalue weighted by atomic mass is 9.98. The van der Waals surface area contributed by atoms with Gasteiger partial charge in [-0.1, -0.05) is 48.5 Å². The number of amides is 2. The van der Waals surface area contributed by atoms with Crippen LogP contribution in [0.4, 0.5) is 13.6 Å². The van der Waals surface area contributed by atoms with Gasteiger partial charge >= 0.3 is 12.1 Å². The summed E-state index contributed by atoms with van der Waals surface area (Å²) in [6.07, 6.45) is -1.84. The van der Waals surface area contributed by atoms with E-state index in [9.17, 15) is 23.2 Å². The van der Waals surface area contributed by atoms with E-state index in [0.717, 1.165) is 22.3 Å². The Morgan fingerprint density at radius 3 is 2.25 bits per heavy atom. The second-order valence-electron chi connectivity index (χ2n) is 8.07. The minimum Gasteiger partial charge on any atom is -0.480 e. The number of benzene rings is 2. The molecule has 1 heterocycles. The van der Waals surface area contributed by atoms with E-state index in [1.54, 1.807) is 0 Å². The lowest BCUT2D eigenvalue weighted by Gasteiger charge is -2.25. The molecule has 2 amide bonds. The first-order chi connectivity index (χ1) is 15.2. The zero-order valence-corrected chi connectivity index (χ0v) is 17.3. The number of alkyl halides is 2. The molecule has 7 nitrogen and oxygen atoms in total. The molecule has 2 aliphatic rings. The molecule has 32 heavy (non-hydrogen) atoms. The molecular formula is C23H22F2N2O5. The van der Waals surface area contributed by atoms with Crippen molar-refractivity contribution in [2.75, 3.05) is 13.2 Å². The molecule has 168 valence electrons. The highest BCUT2D eigenvalue weighted by molar-refractivity contribution is 5.89. The molecule has 2 aromatic carbocycles. The van der Waals surface area contributed by atoms with Gasteiger partial charge in [0, 0.05) is 12.3 Å². The van der Waals surface area contributed by atoms with E-state index in [1.165, 1.54) is 6.92 Å². The summed E-state index contributed by atoms with van der Waals surface area (Å²) in [5.74, 6) is -5.87. The molecule has 0 bridgehead atoms. The summed E-state index contributed by atoms with van der Waals surface area (Å²) >= 11 is 0. The van der Waals surface area contributed by atoms with Crippen molar-refractivity contribution in [3.63, 3.8) is 0 Å². The lowest BCUT2D eigenvalue weighted by Crippen LogP contribution is -2.50. The SMILES string of the molecule is C[C@@H](NC(=O)OCC1c2ccccc2-c2ccccc21)C(=O)N1CC(F)(F)C[C@H]1C(=O)O.